The lowest BCUT2D eigenvalue weighted by Crippen LogP contribution is -1.69. The van der Waals surface area contributed by atoms with Crippen molar-refractivity contribution in [2.24, 2.45) is 17.2 Å². The Balaban J connectivity index is -0.00000000321. The van der Waals surface area contributed by atoms with Gasteiger partial charge in [-0.05, 0) is 21.1 Å². The molecule has 0 heterocycles. The van der Waals surface area contributed by atoms with Gasteiger partial charge in [-0.2, -0.15) is 0 Å². The van der Waals surface area contributed by atoms with Gasteiger partial charge in [0.1, 0.15) is 0 Å². The lowest BCUT2D eigenvalue weighted by atomic mass is 11.6. The summed E-state index contributed by atoms with van der Waals surface area (Å²) in [6.07, 6.45) is 0. The highest BCUT2D eigenvalue weighted by atomic mass is 35.5. The molecule has 0 fully saturated rings. The molecule has 0 saturated carbocycles. The Hall–Kier alpha value is 0.750. The second-order valence-electron chi connectivity index (χ2n) is 0. The molecule has 0 aliphatic rings. The fourth-order valence-corrected chi connectivity index (χ4v) is 0. The van der Waals surface area contributed by atoms with Crippen molar-refractivity contribution >= 4 is 37.2 Å². The topological polar surface area (TPSA) is 78.1 Å². The van der Waals surface area contributed by atoms with Crippen LogP contribution in [0.5, 0.6) is 0 Å². The maximum absolute atomic E-state index is 4.50. The van der Waals surface area contributed by atoms with Gasteiger partial charge in [0.25, 0.3) is 0 Å². The van der Waals surface area contributed by atoms with E-state index in [1.165, 1.54) is 21.1 Å². The first-order chi connectivity index (χ1) is 3.00. The normalized spacial score (nSPS) is 2.00. The average Bonchev–Trinajstić information content (AvgIpc) is 1.81. The lowest BCUT2D eigenvalue weighted by Gasteiger charge is -1.19. The highest BCUT2D eigenvalue weighted by Crippen LogP contribution is 0.692. The van der Waals surface area contributed by atoms with Crippen molar-refractivity contribution in [3.63, 3.8) is 0 Å². The molecule has 0 aliphatic heterocycles. The molecule has 6 N–H and O–H groups in total. The van der Waals surface area contributed by atoms with E-state index >= 15 is 0 Å². The van der Waals surface area contributed by atoms with Gasteiger partial charge in [0, 0.05) is 0 Å². The Bertz CT molecular complexity index is 14.3. The summed E-state index contributed by atoms with van der Waals surface area (Å²) in [5.74, 6) is 0. The van der Waals surface area contributed by atoms with E-state index in [0.717, 1.165) is 0 Å². The first kappa shape index (κ1) is 53.1. The molecular weight excluding hydrogens is 184 g/mol. The third-order valence-corrected chi connectivity index (χ3v) is 0. The second-order valence-corrected chi connectivity index (χ2v) is 0. The van der Waals surface area contributed by atoms with Crippen LogP contribution in [0.25, 0.3) is 0 Å². The van der Waals surface area contributed by atoms with Crippen LogP contribution < -0.4 is 17.2 Å². The summed E-state index contributed by atoms with van der Waals surface area (Å²) in [4.78, 5) is 0. The Morgan fingerprint density at radius 3 is 0.444 bits per heavy atom. The summed E-state index contributed by atoms with van der Waals surface area (Å²) in [6.45, 7) is 0. The summed E-state index contributed by atoms with van der Waals surface area (Å²) in [7, 11) is 4.50. The van der Waals surface area contributed by atoms with Crippen molar-refractivity contribution in [1.82, 2.24) is 0 Å². The smallest absolute Gasteiger partial charge is 0.0195 e. The molecule has 0 spiro atoms. The predicted molar refractivity (Wildman–Crippen MR) is 52.1 cm³/mol. The molecule has 0 aliphatic carbocycles. The molecule has 3 nitrogen and oxygen atoms in total. The molecule has 0 aromatic heterocycles. The molecule has 0 radical (unpaired) electrons. The van der Waals surface area contributed by atoms with E-state index in [1.807, 2.05) is 0 Å². The Morgan fingerprint density at radius 2 is 0.444 bits per heavy atom. The molecule has 0 rings (SSSR count). The molecule has 0 unspecified atom stereocenters. The van der Waals surface area contributed by atoms with Crippen molar-refractivity contribution < 1.29 is 0 Å². The van der Waals surface area contributed by atoms with E-state index in [1.54, 1.807) is 0 Å². The Labute approximate surface area is 76.0 Å². The average molecular weight is 203 g/mol. The number of nitrogens with two attached hydrogens (primary N) is 3. The maximum Gasteiger partial charge on any atom is -0.0195 e. The van der Waals surface area contributed by atoms with Gasteiger partial charge in [-0.3, -0.25) is 0 Å². The van der Waals surface area contributed by atoms with Crippen LogP contribution in [-0.4, -0.2) is 21.1 Å². The molecule has 66 valence electrons. The minimum atomic E-state index is 0. The van der Waals surface area contributed by atoms with Crippen LogP contribution in [0.4, 0.5) is 0 Å². The molecule has 0 atom stereocenters. The van der Waals surface area contributed by atoms with Crippen molar-refractivity contribution in [3.05, 3.63) is 0 Å². The summed E-state index contributed by atoms with van der Waals surface area (Å²) in [5, 5.41) is 0. The van der Waals surface area contributed by atoms with Gasteiger partial charge >= 0.3 is 0 Å². The van der Waals surface area contributed by atoms with E-state index in [-0.39, 0.29) is 37.2 Å². The minimum Gasteiger partial charge on any atom is -0.333 e. The van der Waals surface area contributed by atoms with Crippen LogP contribution >= 0.6 is 37.2 Å². The lowest BCUT2D eigenvalue weighted by molar-refractivity contribution is 1.48. The highest BCUT2D eigenvalue weighted by Gasteiger charge is 0.840. The maximum atomic E-state index is 4.50. The van der Waals surface area contributed by atoms with Gasteiger partial charge in [-0.15, -0.1) is 37.2 Å². The first-order valence-electron chi connectivity index (χ1n) is 1.73. The molecule has 0 aromatic carbocycles. The number of halogens is 3. The minimum absolute atomic E-state index is 0. The van der Waals surface area contributed by atoms with Crippen LogP contribution in [-0.2, 0) is 0 Å². The molecule has 0 bridgehead atoms. The summed E-state index contributed by atoms with van der Waals surface area (Å²) >= 11 is 0. The Kier molecular flexibility index (Phi) is 5510. The van der Waals surface area contributed by atoms with Crippen molar-refractivity contribution in [2.75, 3.05) is 21.1 Å². The summed E-state index contributed by atoms with van der Waals surface area (Å²) in [5.41, 5.74) is 13.5. The van der Waals surface area contributed by atoms with E-state index < -0.39 is 0 Å². The van der Waals surface area contributed by atoms with Gasteiger partial charge in [0.05, 0.1) is 0 Å². The van der Waals surface area contributed by atoms with Crippen LogP contribution in [0.3, 0.4) is 0 Å². The molecular formula is C3H18Cl3N3. The highest BCUT2D eigenvalue weighted by molar-refractivity contribution is 5.86. The van der Waals surface area contributed by atoms with Crippen LogP contribution in [0.15, 0.2) is 0 Å². The van der Waals surface area contributed by atoms with Crippen molar-refractivity contribution in [3.8, 4) is 0 Å². The third kappa shape index (κ3) is 709. The fraction of sp³-hybridized carbons (Fsp3) is 1.00. The zero-order valence-corrected chi connectivity index (χ0v) is 8.41. The summed E-state index contributed by atoms with van der Waals surface area (Å²) < 4.78 is 0. The van der Waals surface area contributed by atoms with Gasteiger partial charge < -0.3 is 17.2 Å². The van der Waals surface area contributed by atoms with Gasteiger partial charge in [0.15, 0.2) is 0 Å². The van der Waals surface area contributed by atoms with Crippen LogP contribution in [0.1, 0.15) is 0 Å². The van der Waals surface area contributed by atoms with E-state index in [9.17, 15) is 0 Å². The van der Waals surface area contributed by atoms with Gasteiger partial charge in [-0.25, -0.2) is 0 Å². The van der Waals surface area contributed by atoms with E-state index in [2.05, 4.69) is 17.2 Å². The van der Waals surface area contributed by atoms with Crippen LogP contribution in [0, 0.1) is 0 Å². The summed E-state index contributed by atoms with van der Waals surface area (Å²) in [6, 6.07) is 0. The molecule has 0 amide bonds. The Morgan fingerprint density at radius 1 is 0.444 bits per heavy atom. The monoisotopic (exact) mass is 201 g/mol. The van der Waals surface area contributed by atoms with E-state index in [0.29, 0.717) is 0 Å². The van der Waals surface area contributed by atoms with E-state index in [4.69, 9.17) is 0 Å². The number of rotatable bonds is 0. The van der Waals surface area contributed by atoms with Crippen molar-refractivity contribution in [2.45, 2.75) is 0 Å². The number of hydrogen-bond acceptors (Lipinski definition) is 3. The van der Waals surface area contributed by atoms with Gasteiger partial charge in [-0.1, -0.05) is 0 Å². The zero-order valence-electron chi connectivity index (χ0n) is 5.96. The standard InChI is InChI=1S/3CH5N.3ClH/c3*1-2;;;/h3*2H2,1H3;3*1H. The fourth-order valence-electron chi connectivity index (χ4n) is 0. The predicted octanol–water partition coefficient (Wildman–Crippen LogP) is -0.00990. The van der Waals surface area contributed by atoms with Crippen molar-refractivity contribution in [1.29, 1.82) is 0 Å². The third-order valence-electron chi connectivity index (χ3n) is 0. The molecule has 6 heteroatoms. The quantitative estimate of drug-likeness (QED) is 0.517. The first-order valence-corrected chi connectivity index (χ1v) is 1.73. The zero-order chi connectivity index (χ0) is 6.00. The van der Waals surface area contributed by atoms with Crippen LogP contribution in [0.2, 0.25) is 0 Å². The SMILES string of the molecule is CN.CN.CN.Cl.Cl.Cl. The van der Waals surface area contributed by atoms with Gasteiger partial charge in [0.2, 0.25) is 0 Å². The molecule has 9 heavy (non-hydrogen) atoms. The molecule has 0 saturated heterocycles. The largest absolute Gasteiger partial charge is 0.333 e. The number of hydrogen-bond donors (Lipinski definition) is 3. The second kappa shape index (κ2) is 934. The molecule has 0 aromatic rings.